The Kier molecular flexibility index (Phi) is 6.88. The molecule has 1 saturated heterocycles. The lowest BCUT2D eigenvalue weighted by atomic mass is 9.94. The summed E-state index contributed by atoms with van der Waals surface area (Å²) in [6.07, 6.45) is 8.47. The Balaban J connectivity index is 2.33. The fourth-order valence-corrected chi connectivity index (χ4v) is 3.94. The lowest BCUT2D eigenvalue weighted by Crippen LogP contribution is -2.40. The predicted octanol–water partition coefficient (Wildman–Crippen LogP) is 5.03. The van der Waals surface area contributed by atoms with E-state index < -0.39 is 0 Å². The van der Waals surface area contributed by atoms with Crippen molar-refractivity contribution in [1.29, 1.82) is 0 Å². The zero-order chi connectivity index (χ0) is 16.8. The second-order valence-corrected chi connectivity index (χ2v) is 7.41. The summed E-state index contributed by atoms with van der Waals surface area (Å²) in [5.41, 5.74) is 1.44. The molecule has 0 aromatic carbocycles. The van der Waals surface area contributed by atoms with E-state index in [2.05, 4.69) is 56.6 Å². The second kappa shape index (κ2) is 8.68. The average molecular weight is 318 g/mol. The molecule has 1 atom stereocenters. The summed E-state index contributed by atoms with van der Waals surface area (Å²) in [6, 6.07) is 5.91. The minimum absolute atomic E-state index is 0.469. The van der Waals surface area contributed by atoms with Gasteiger partial charge in [-0.1, -0.05) is 25.8 Å². The van der Waals surface area contributed by atoms with Crippen LogP contribution < -0.4 is 4.90 Å². The fraction of sp³-hybridized carbons (Fsp3) is 0.750. The van der Waals surface area contributed by atoms with Gasteiger partial charge in [0.05, 0.1) is 0 Å². The van der Waals surface area contributed by atoms with Crippen LogP contribution in [0.3, 0.4) is 0 Å². The van der Waals surface area contributed by atoms with Gasteiger partial charge in [-0.15, -0.1) is 0 Å². The summed E-state index contributed by atoms with van der Waals surface area (Å²) in [7, 11) is 0. The van der Waals surface area contributed by atoms with Crippen LogP contribution in [0.4, 0.5) is 5.82 Å². The number of rotatable bonds is 7. The number of piperidine rings is 1. The molecule has 1 aliphatic heterocycles. The van der Waals surface area contributed by atoms with Gasteiger partial charge < -0.3 is 4.90 Å². The van der Waals surface area contributed by atoms with Gasteiger partial charge in [-0.2, -0.15) is 0 Å². The van der Waals surface area contributed by atoms with Crippen LogP contribution in [0, 0.1) is 0 Å². The molecule has 0 N–H and O–H groups in total. The Morgan fingerprint density at radius 2 is 1.96 bits per heavy atom. The minimum Gasteiger partial charge on any atom is -0.351 e. The van der Waals surface area contributed by atoms with Crippen LogP contribution in [0.25, 0.3) is 0 Å². The van der Waals surface area contributed by atoms with E-state index in [0.29, 0.717) is 18.1 Å². The first-order valence-corrected chi connectivity index (χ1v) is 9.53. The van der Waals surface area contributed by atoms with Gasteiger partial charge in [0.15, 0.2) is 0 Å². The number of unbranched alkanes of at least 4 members (excludes halogenated alkanes) is 1. The van der Waals surface area contributed by atoms with Gasteiger partial charge in [0.2, 0.25) is 0 Å². The van der Waals surface area contributed by atoms with Crippen molar-refractivity contribution in [2.45, 2.75) is 84.8 Å². The van der Waals surface area contributed by atoms with Crippen molar-refractivity contribution in [2.24, 2.45) is 0 Å². The van der Waals surface area contributed by atoms with Gasteiger partial charge in [0.1, 0.15) is 5.82 Å². The highest BCUT2D eigenvalue weighted by atomic mass is 15.2. The van der Waals surface area contributed by atoms with Crippen LogP contribution in [0.1, 0.15) is 78.3 Å². The topological polar surface area (TPSA) is 19.4 Å². The molecule has 1 aromatic rings. The van der Waals surface area contributed by atoms with Crippen LogP contribution >= 0.6 is 0 Å². The highest BCUT2D eigenvalue weighted by molar-refractivity contribution is 5.50. The Hall–Kier alpha value is -1.09. The van der Waals surface area contributed by atoms with E-state index in [9.17, 15) is 0 Å². The number of likely N-dealkylation sites (tertiary alicyclic amines) is 1. The first-order chi connectivity index (χ1) is 11.1. The second-order valence-electron chi connectivity index (χ2n) is 7.41. The molecule has 3 heteroatoms. The highest BCUT2D eigenvalue weighted by Crippen LogP contribution is 2.36. The van der Waals surface area contributed by atoms with Crippen molar-refractivity contribution >= 4 is 5.82 Å². The molecule has 0 spiro atoms. The zero-order valence-electron chi connectivity index (χ0n) is 15.8. The molecule has 130 valence electrons. The molecule has 0 bridgehead atoms. The van der Waals surface area contributed by atoms with Gasteiger partial charge in [0, 0.05) is 29.9 Å². The third-order valence-electron chi connectivity index (χ3n) is 4.95. The van der Waals surface area contributed by atoms with Crippen molar-refractivity contribution in [3.63, 3.8) is 0 Å². The van der Waals surface area contributed by atoms with Gasteiger partial charge in [-0.3, -0.25) is 4.90 Å². The van der Waals surface area contributed by atoms with Crippen molar-refractivity contribution in [1.82, 2.24) is 9.88 Å². The Morgan fingerprint density at radius 3 is 2.61 bits per heavy atom. The lowest BCUT2D eigenvalue weighted by Gasteiger charge is -2.40. The number of nitrogens with zero attached hydrogens (tertiary/aromatic N) is 3. The third kappa shape index (κ3) is 4.47. The summed E-state index contributed by atoms with van der Waals surface area (Å²) in [6.45, 7) is 13.8. The Bertz CT molecular complexity index is 462. The van der Waals surface area contributed by atoms with Crippen LogP contribution in [-0.2, 0) is 0 Å². The first-order valence-electron chi connectivity index (χ1n) is 9.53. The largest absolute Gasteiger partial charge is 0.351 e. The highest BCUT2D eigenvalue weighted by Gasteiger charge is 2.28. The normalized spacial score (nSPS) is 19.5. The SMILES string of the molecule is CCCCN1CCCC[C@H]1c1cccnc1N(C(C)C)C(C)C. The smallest absolute Gasteiger partial charge is 0.133 e. The molecule has 1 aromatic heterocycles. The van der Waals surface area contributed by atoms with E-state index in [4.69, 9.17) is 4.98 Å². The monoisotopic (exact) mass is 317 g/mol. The quantitative estimate of drug-likeness (QED) is 0.703. The standard InChI is InChI=1S/C20H35N3/c1-6-7-14-22-15-9-8-12-19(22)18-11-10-13-21-20(18)23(16(2)3)17(4)5/h10-11,13,16-17,19H,6-9,12,14-15H2,1-5H3/t19-/m0/s1. The number of anilines is 1. The van der Waals surface area contributed by atoms with Crippen molar-refractivity contribution in [3.05, 3.63) is 23.9 Å². The van der Waals surface area contributed by atoms with Gasteiger partial charge >= 0.3 is 0 Å². The van der Waals surface area contributed by atoms with E-state index in [0.717, 1.165) is 0 Å². The maximum atomic E-state index is 4.81. The van der Waals surface area contributed by atoms with Crippen molar-refractivity contribution in [2.75, 3.05) is 18.0 Å². The molecule has 0 amide bonds. The van der Waals surface area contributed by atoms with E-state index in [1.165, 1.54) is 56.6 Å². The predicted molar refractivity (Wildman–Crippen MR) is 100 cm³/mol. The molecule has 0 saturated carbocycles. The average Bonchev–Trinajstić information content (AvgIpc) is 2.53. The van der Waals surface area contributed by atoms with Crippen molar-refractivity contribution < 1.29 is 0 Å². The summed E-state index contributed by atoms with van der Waals surface area (Å²) in [5, 5.41) is 0. The van der Waals surface area contributed by atoms with E-state index in [-0.39, 0.29) is 0 Å². The fourth-order valence-electron chi connectivity index (χ4n) is 3.94. The molecule has 1 aliphatic rings. The first kappa shape index (κ1) is 18.3. The molecule has 2 rings (SSSR count). The molecular formula is C20H35N3. The Labute approximate surface area is 143 Å². The van der Waals surface area contributed by atoms with Gasteiger partial charge in [-0.25, -0.2) is 4.98 Å². The molecular weight excluding hydrogens is 282 g/mol. The van der Waals surface area contributed by atoms with E-state index in [1.54, 1.807) is 0 Å². The van der Waals surface area contributed by atoms with Gasteiger partial charge in [0.25, 0.3) is 0 Å². The molecule has 1 fully saturated rings. The minimum atomic E-state index is 0.469. The van der Waals surface area contributed by atoms with Crippen molar-refractivity contribution in [3.8, 4) is 0 Å². The maximum absolute atomic E-state index is 4.81. The molecule has 0 radical (unpaired) electrons. The van der Waals surface area contributed by atoms with Crippen LogP contribution in [0.5, 0.6) is 0 Å². The maximum Gasteiger partial charge on any atom is 0.133 e. The third-order valence-corrected chi connectivity index (χ3v) is 4.95. The lowest BCUT2D eigenvalue weighted by molar-refractivity contribution is 0.146. The Morgan fingerprint density at radius 1 is 1.22 bits per heavy atom. The molecule has 0 aliphatic carbocycles. The van der Waals surface area contributed by atoms with Crippen LogP contribution in [0.2, 0.25) is 0 Å². The van der Waals surface area contributed by atoms with E-state index in [1.807, 2.05) is 6.20 Å². The van der Waals surface area contributed by atoms with Crippen LogP contribution in [-0.4, -0.2) is 35.1 Å². The molecule has 23 heavy (non-hydrogen) atoms. The number of hydrogen-bond donors (Lipinski definition) is 0. The number of pyridine rings is 1. The summed E-state index contributed by atoms with van der Waals surface area (Å²) < 4.78 is 0. The number of hydrogen-bond acceptors (Lipinski definition) is 3. The zero-order valence-corrected chi connectivity index (χ0v) is 15.8. The number of aromatic nitrogens is 1. The summed E-state index contributed by atoms with van der Waals surface area (Å²) in [5.74, 6) is 1.20. The van der Waals surface area contributed by atoms with Gasteiger partial charge in [-0.05, 0) is 66.1 Å². The van der Waals surface area contributed by atoms with Crippen LogP contribution in [0.15, 0.2) is 18.3 Å². The summed E-state index contributed by atoms with van der Waals surface area (Å²) >= 11 is 0. The molecule has 3 nitrogen and oxygen atoms in total. The molecule has 2 heterocycles. The molecule has 0 unspecified atom stereocenters. The van der Waals surface area contributed by atoms with E-state index >= 15 is 0 Å². The summed E-state index contributed by atoms with van der Waals surface area (Å²) in [4.78, 5) is 9.99.